The maximum atomic E-state index is 11.9. The van der Waals surface area contributed by atoms with E-state index in [-0.39, 0.29) is 17.5 Å². The molecule has 0 atom stereocenters. The lowest BCUT2D eigenvalue weighted by Gasteiger charge is -2.10. The number of hydrogen-bond donors (Lipinski definition) is 1. The Bertz CT molecular complexity index is 328. The van der Waals surface area contributed by atoms with Crippen LogP contribution in [0.4, 0.5) is 18.9 Å². The van der Waals surface area contributed by atoms with Gasteiger partial charge in [0.1, 0.15) is 0 Å². The minimum absolute atomic E-state index is 0.00303. The third kappa shape index (κ3) is 5.03. The third-order valence-electron chi connectivity index (χ3n) is 1.79. The van der Waals surface area contributed by atoms with Crippen LogP contribution < -0.4 is 5.32 Å². The van der Waals surface area contributed by atoms with Crippen LogP contribution >= 0.6 is 23.5 Å². The molecule has 90 valence electrons. The maximum absolute atomic E-state index is 11.9. The van der Waals surface area contributed by atoms with E-state index in [1.54, 1.807) is 11.8 Å². The highest BCUT2D eigenvalue weighted by atomic mass is 32.2. The van der Waals surface area contributed by atoms with E-state index in [4.69, 9.17) is 0 Å². The number of thioether (sulfide) groups is 2. The first kappa shape index (κ1) is 13.6. The highest BCUT2D eigenvalue weighted by molar-refractivity contribution is 8.00. The van der Waals surface area contributed by atoms with Crippen LogP contribution in [-0.4, -0.2) is 24.1 Å². The van der Waals surface area contributed by atoms with Crippen LogP contribution in [0.15, 0.2) is 29.2 Å². The van der Waals surface area contributed by atoms with Crippen molar-refractivity contribution in [2.75, 3.05) is 23.9 Å². The molecule has 0 heterocycles. The summed E-state index contributed by atoms with van der Waals surface area (Å²) in [6, 6.07) is 7.56. The SMILES string of the molecule is CSc1ccccc1NCCSC(F)(F)F. The van der Waals surface area contributed by atoms with Crippen LogP contribution in [0, 0.1) is 0 Å². The smallest absolute Gasteiger partial charge is 0.383 e. The number of anilines is 1. The van der Waals surface area contributed by atoms with E-state index in [2.05, 4.69) is 5.32 Å². The molecule has 0 aromatic heterocycles. The summed E-state index contributed by atoms with van der Waals surface area (Å²) in [5.41, 5.74) is -3.25. The van der Waals surface area contributed by atoms with Crippen LogP contribution in [-0.2, 0) is 0 Å². The van der Waals surface area contributed by atoms with E-state index in [0.717, 1.165) is 10.6 Å². The minimum Gasteiger partial charge on any atom is -0.383 e. The molecule has 6 heteroatoms. The van der Waals surface area contributed by atoms with Crippen molar-refractivity contribution < 1.29 is 13.2 Å². The van der Waals surface area contributed by atoms with Gasteiger partial charge in [0.2, 0.25) is 0 Å². The Morgan fingerprint density at radius 3 is 2.56 bits per heavy atom. The molecule has 0 saturated heterocycles. The van der Waals surface area contributed by atoms with Crippen molar-refractivity contribution in [2.24, 2.45) is 0 Å². The average Bonchev–Trinajstić information content (AvgIpc) is 2.23. The molecule has 1 aromatic carbocycles. The van der Waals surface area contributed by atoms with Gasteiger partial charge in [-0.15, -0.1) is 11.8 Å². The van der Waals surface area contributed by atoms with Crippen molar-refractivity contribution in [1.29, 1.82) is 0 Å². The molecule has 1 nitrogen and oxygen atoms in total. The molecule has 16 heavy (non-hydrogen) atoms. The van der Waals surface area contributed by atoms with Gasteiger partial charge in [-0.1, -0.05) is 12.1 Å². The molecule has 0 aliphatic rings. The monoisotopic (exact) mass is 267 g/mol. The summed E-state index contributed by atoms with van der Waals surface area (Å²) in [6.45, 7) is 0.307. The fourth-order valence-corrected chi connectivity index (χ4v) is 2.15. The maximum Gasteiger partial charge on any atom is 0.441 e. The molecule has 0 saturated carbocycles. The number of nitrogens with one attached hydrogen (secondary N) is 1. The summed E-state index contributed by atoms with van der Waals surface area (Å²) in [5, 5.41) is 3.00. The largest absolute Gasteiger partial charge is 0.441 e. The summed E-state index contributed by atoms with van der Waals surface area (Å²) < 4.78 is 35.6. The van der Waals surface area contributed by atoms with Crippen molar-refractivity contribution >= 4 is 29.2 Å². The summed E-state index contributed by atoms with van der Waals surface area (Å²) in [5.74, 6) is 0.0201. The van der Waals surface area contributed by atoms with Crippen LogP contribution in [0.25, 0.3) is 0 Å². The molecule has 0 radical (unpaired) electrons. The lowest BCUT2D eigenvalue weighted by atomic mass is 10.3. The summed E-state index contributed by atoms with van der Waals surface area (Å²) in [7, 11) is 0. The van der Waals surface area contributed by atoms with Crippen LogP contribution in [0.2, 0.25) is 0 Å². The molecular formula is C10H12F3NS2. The molecular weight excluding hydrogens is 255 g/mol. The lowest BCUT2D eigenvalue weighted by molar-refractivity contribution is -0.0327. The Morgan fingerprint density at radius 1 is 1.25 bits per heavy atom. The number of benzene rings is 1. The molecule has 0 spiro atoms. The highest BCUT2D eigenvalue weighted by Gasteiger charge is 2.27. The van der Waals surface area contributed by atoms with Crippen molar-refractivity contribution in [3.63, 3.8) is 0 Å². The minimum atomic E-state index is -4.14. The molecule has 1 aromatic rings. The average molecular weight is 267 g/mol. The Hall–Kier alpha value is -0.490. The Labute approximate surface area is 101 Å². The normalized spacial score (nSPS) is 11.5. The van der Waals surface area contributed by atoms with Crippen LogP contribution in [0.1, 0.15) is 0 Å². The van der Waals surface area contributed by atoms with Gasteiger partial charge >= 0.3 is 5.51 Å². The number of para-hydroxylation sites is 1. The van der Waals surface area contributed by atoms with E-state index in [1.807, 2.05) is 30.5 Å². The quantitative estimate of drug-likeness (QED) is 0.638. The van der Waals surface area contributed by atoms with E-state index in [1.165, 1.54) is 0 Å². The topological polar surface area (TPSA) is 12.0 Å². The summed E-state index contributed by atoms with van der Waals surface area (Å²) >= 11 is 1.56. The van der Waals surface area contributed by atoms with Gasteiger partial charge in [0, 0.05) is 22.9 Å². The van der Waals surface area contributed by atoms with E-state index in [0.29, 0.717) is 6.54 Å². The van der Waals surface area contributed by atoms with Gasteiger partial charge in [-0.2, -0.15) is 13.2 Å². The Kier molecular flexibility index (Phi) is 5.34. The fraction of sp³-hybridized carbons (Fsp3) is 0.400. The van der Waals surface area contributed by atoms with Gasteiger partial charge in [-0.25, -0.2) is 0 Å². The molecule has 0 unspecified atom stereocenters. The Balaban J connectivity index is 2.37. The van der Waals surface area contributed by atoms with Crippen molar-refractivity contribution in [1.82, 2.24) is 0 Å². The first-order valence-electron chi connectivity index (χ1n) is 4.60. The van der Waals surface area contributed by atoms with Gasteiger partial charge in [-0.05, 0) is 30.2 Å². The van der Waals surface area contributed by atoms with Gasteiger partial charge < -0.3 is 5.32 Å². The van der Waals surface area contributed by atoms with E-state index < -0.39 is 5.51 Å². The molecule has 0 bridgehead atoms. The zero-order valence-electron chi connectivity index (χ0n) is 8.67. The number of halogens is 3. The van der Waals surface area contributed by atoms with Crippen molar-refractivity contribution in [2.45, 2.75) is 10.4 Å². The molecule has 0 aliphatic heterocycles. The lowest BCUT2D eigenvalue weighted by Crippen LogP contribution is -2.09. The van der Waals surface area contributed by atoms with Crippen molar-refractivity contribution in [3.8, 4) is 0 Å². The molecule has 0 aliphatic carbocycles. The standard InChI is InChI=1S/C10H12F3NS2/c1-15-9-5-3-2-4-8(9)14-6-7-16-10(11,12)13/h2-5,14H,6-7H2,1H3. The van der Waals surface area contributed by atoms with Gasteiger partial charge in [0.25, 0.3) is 0 Å². The zero-order valence-corrected chi connectivity index (χ0v) is 10.3. The molecule has 1 N–H and O–H groups in total. The van der Waals surface area contributed by atoms with E-state index >= 15 is 0 Å². The third-order valence-corrected chi connectivity index (χ3v) is 3.32. The second kappa shape index (κ2) is 6.30. The predicted octanol–water partition coefficient (Wildman–Crippen LogP) is 4.07. The zero-order chi connectivity index (χ0) is 12.0. The molecule has 0 fully saturated rings. The van der Waals surface area contributed by atoms with Gasteiger partial charge in [0.15, 0.2) is 0 Å². The Morgan fingerprint density at radius 2 is 1.94 bits per heavy atom. The second-order valence-corrected chi connectivity index (χ2v) is 4.93. The van der Waals surface area contributed by atoms with Crippen LogP contribution in [0.5, 0.6) is 0 Å². The predicted molar refractivity (Wildman–Crippen MR) is 65.2 cm³/mol. The van der Waals surface area contributed by atoms with Gasteiger partial charge in [-0.3, -0.25) is 0 Å². The molecule has 0 amide bonds. The number of hydrogen-bond acceptors (Lipinski definition) is 3. The number of rotatable bonds is 5. The van der Waals surface area contributed by atoms with Crippen LogP contribution in [0.3, 0.4) is 0 Å². The molecule has 1 rings (SSSR count). The second-order valence-electron chi connectivity index (χ2n) is 2.92. The highest BCUT2D eigenvalue weighted by Crippen LogP contribution is 2.30. The fourth-order valence-electron chi connectivity index (χ4n) is 1.14. The van der Waals surface area contributed by atoms with E-state index in [9.17, 15) is 13.2 Å². The summed E-state index contributed by atoms with van der Waals surface area (Å²) in [6.07, 6.45) is 1.94. The van der Waals surface area contributed by atoms with Crippen molar-refractivity contribution in [3.05, 3.63) is 24.3 Å². The first-order chi connectivity index (χ1) is 7.53. The first-order valence-corrected chi connectivity index (χ1v) is 6.81. The number of alkyl halides is 3. The summed E-state index contributed by atoms with van der Waals surface area (Å²) in [4.78, 5) is 1.04. The van der Waals surface area contributed by atoms with Gasteiger partial charge in [0.05, 0.1) is 0 Å².